The molecule has 0 radical (unpaired) electrons. The van der Waals surface area contributed by atoms with Gasteiger partial charge < -0.3 is 15.4 Å². The minimum absolute atomic E-state index is 0.0209. The van der Waals surface area contributed by atoms with Crippen LogP contribution in [0, 0.1) is 0 Å². The van der Waals surface area contributed by atoms with Gasteiger partial charge in [0, 0.05) is 51.3 Å². The quantitative estimate of drug-likeness (QED) is 0.152. The van der Waals surface area contributed by atoms with Crippen LogP contribution in [0.25, 0.3) is 61.0 Å². The van der Waals surface area contributed by atoms with E-state index in [0.29, 0.717) is 0 Å². The van der Waals surface area contributed by atoms with Crippen LogP contribution < -0.4 is 15.4 Å². The molecule has 0 atom stereocenters. The molecule has 2 aromatic heterocycles. The molecule has 0 unspecified atom stereocenters. The summed E-state index contributed by atoms with van der Waals surface area (Å²) < 4.78 is 9.16. The van der Waals surface area contributed by atoms with E-state index in [1.54, 1.807) is 0 Å². The molecule has 0 bridgehead atoms. The summed E-state index contributed by atoms with van der Waals surface area (Å²) in [6, 6.07) is 68.7. The van der Waals surface area contributed by atoms with Gasteiger partial charge in [-0.05, 0) is 99.0 Å². The van der Waals surface area contributed by atoms with Crippen LogP contribution in [0.15, 0.2) is 200 Å². The lowest BCUT2D eigenvalue weighted by Gasteiger charge is -2.24. The van der Waals surface area contributed by atoms with E-state index in [4.69, 9.17) is 9.72 Å². The largest absolute Gasteiger partial charge is 0.457 e. The average molecular weight is 843 g/mol. The molecule has 11 rings (SSSR count). The van der Waals surface area contributed by atoms with Gasteiger partial charge in [-0.3, -0.25) is 4.57 Å². The highest BCUT2D eigenvalue weighted by molar-refractivity contribution is 6.09. The summed E-state index contributed by atoms with van der Waals surface area (Å²) in [5, 5.41) is 10.1. The van der Waals surface area contributed by atoms with Crippen molar-refractivity contribution in [2.75, 3.05) is 10.6 Å². The molecule has 0 aliphatic heterocycles. The summed E-state index contributed by atoms with van der Waals surface area (Å²) in [5.41, 5.74) is 16.8. The zero-order valence-corrected chi connectivity index (χ0v) is 37.4. The molecule has 2 heterocycles. The average Bonchev–Trinajstić information content (AvgIpc) is 3.78. The maximum absolute atomic E-state index is 6.90. The number of nitrogens with zero attached hydrogens (tertiary/aromatic N) is 2. The first kappa shape index (κ1) is 39.9. The molecule has 65 heavy (non-hydrogen) atoms. The first-order valence-electron chi connectivity index (χ1n) is 22.4. The van der Waals surface area contributed by atoms with Crippen molar-refractivity contribution in [3.8, 4) is 50.7 Å². The Kier molecular flexibility index (Phi) is 9.66. The van der Waals surface area contributed by atoms with Crippen LogP contribution >= 0.6 is 0 Å². The predicted molar refractivity (Wildman–Crippen MR) is 272 cm³/mol. The lowest BCUT2D eigenvalue weighted by molar-refractivity contribution is 0.484. The monoisotopic (exact) mass is 842 g/mol. The van der Waals surface area contributed by atoms with E-state index < -0.39 is 0 Å². The lowest BCUT2D eigenvalue weighted by Crippen LogP contribution is -2.15. The van der Waals surface area contributed by atoms with E-state index in [-0.39, 0.29) is 10.8 Å². The van der Waals surface area contributed by atoms with Crippen molar-refractivity contribution in [1.82, 2.24) is 9.55 Å². The third kappa shape index (κ3) is 7.19. The third-order valence-corrected chi connectivity index (χ3v) is 13.0. The molecule has 0 spiro atoms. The molecule has 10 aromatic rings. The highest BCUT2D eigenvalue weighted by Crippen LogP contribution is 2.54. The molecule has 0 saturated carbocycles. The SMILES string of the molecule is CC(C)(C)c1ccnc(-n2c3ccccc3c3ccc(Oc4cc(Nc5ccccc5Nc5c(-c6ccccc6)ccc6c5-c5ccccc5C6(C)C)cc(-c5ccccc5)c4)cc32)c1. The van der Waals surface area contributed by atoms with E-state index in [0.717, 1.165) is 78.7 Å². The van der Waals surface area contributed by atoms with Crippen LogP contribution in [-0.4, -0.2) is 9.55 Å². The van der Waals surface area contributed by atoms with Crippen molar-refractivity contribution < 1.29 is 4.74 Å². The van der Waals surface area contributed by atoms with Gasteiger partial charge in [-0.25, -0.2) is 4.98 Å². The molecule has 5 nitrogen and oxygen atoms in total. The Hall–Kier alpha value is -7.89. The number of benzene rings is 8. The lowest BCUT2D eigenvalue weighted by atomic mass is 9.82. The van der Waals surface area contributed by atoms with Gasteiger partial charge in [-0.1, -0.05) is 162 Å². The third-order valence-electron chi connectivity index (χ3n) is 13.0. The molecule has 8 aromatic carbocycles. The first-order valence-corrected chi connectivity index (χ1v) is 22.4. The standard InChI is InChI=1S/C60H50N4O/c1-59(2,3)42-32-33-61-56(36-42)64-54-27-17-13-22-47(54)48-29-28-44(38-55(48)64)65-45-35-41(39-18-8-6-9-19-39)34-43(37-45)62-52-25-15-16-26-53(52)63-58-46(40-20-10-7-11-21-40)30-31-51-57(58)49-23-12-14-24-50(49)60(51,4)5/h6-38,62-63H,1-5H3. The second-order valence-electron chi connectivity index (χ2n) is 18.6. The van der Waals surface area contributed by atoms with Crippen LogP contribution in [0.2, 0.25) is 0 Å². The fourth-order valence-electron chi connectivity index (χ4n) is 9.71. The van der Waals surface area contributed by atoms with Crippen LogP contribution in [0.5, 0.6) is 11.5 Å². The van der Waals surface area contributed by atoms with Gasteiger partial charge in [0.2, 0.25) is 0 Å². The van der Waals surface area contributed by atoms with Gasteiger partial charge in [0.05, 0.1) is 28.1 Å². The number of hydrogen-bond donors (Lipinski definition) is 2. The number of nitrogens with one attached hydrogen (secondary N) is 2. The van der Waals surface area contributed by atoms with Crippen molar-refractivity contribution in [1.29, 1.82) is 0 Å². The molecule has 2 N–H and O–H groups in total. The summed E-state index contributed by atoms with van der Waals surface area (Å²) in [6.07, 6.45) is 1.92. The van der Waals surface area contributed by atoms with Crippen LogP contribution in [0.4, 0.5) is 22.7 Å². The molecule has 316 valence electrons. The summed E-state index contributed by atoms with van der Waals surface area (Å²) in [5.74, 6) is 2.34. The second-order valence-corrected chi connectivity index (χ2v) is 18.6. The van der Waals surface area contributed by atoms with E-state index in [2.05, 4.69) is 244 Å². The number of fused-ring (bicyclic) bond motifs is 6. The molecule has 1 aliphatic rings. The minimum Gasteiger partial charge on any atom is -0.457 e. The van der Waals surface area contributed by atoms with Gasteiger partial charge in [-0.2, -0.15) is 0 Å². The number of hydrogen-bond acceptors (Lipinski definition) is 4. The molecule has 0 amide bonds. The maximum atomic E-state index is 6.90. The van der Waals surface area contributed by atoms with Gasteiger partial charge in [0.25, 0.3) is 0 Å². The molecule has 0 fully saturated rings. The number of ether oxygens (including phenoxy) is 1. The Labute approximate surface area is 381 Å². The van der Waals surface area contributed by atoms with Gasteiger partial charge in [0.15, 0.2) is 0 Å². The summed E-state index contributed by atoms with van der Waals surface area (Å²) in [7, 11) is 0. The van der Waals surface area contributed by atoms with Gasteiger partial charge in [0.1, 0.15) is 17.3 Å². The van der Waals surface area contributed by atoms with Crippen molar-refractivity contribution in [3.05, 3.63) is 217 Å². The highest BCUT2D eigenvalue weighted by Gasteiger charge is 2.37. The van der Waals surface area contributed by atoms with Crippen molar-refractivity contribution in [3.63, 3.8) is 0 Å². The normalized spacial score (nSPS) is 12.8. The van der Waals surface area contributed by atoms with Crippen LogP contribution in [-0.2, 0) is 10.8 Å². The van der Waals surface area contributed by atoms with E-state index in [9.17, 15) is 0 Å². The minimum atomic E-state index is -0.140. The zero-order chi connectivity index (χ0) is 44.3. The van der Waals surface area contributed by atoms with E-state index in [1.165, 1.54) is 33.2 Å². The van der Waals surface area contributed by atoms with Crippen LogP contribution in [0.3, 0.4) is 0 Å². The van der Waals surface area contributed by atoms with Crippen molar-refractivity contribution in [2.45, 2.75) is 45.4 Å². The molecular formula is C60H50N4O. The Balaban J connectivity index is 0.998. The number of rotatable bonds is 9. The fourth-order valence-corrected chi connectivity index (χ4v) is 9.71. The number of pyridine rings is 1. The van der Waals surface area contributed by atoms with E-state index >= 15 is 0 Å². The fraction of sp³-hybridized carbons (Fsp3) is 0.117. The molecule has 0 saturated heterocycles. The molecule has 1 aliphatic carbocycles. The highest BCUT2D eigenvalue weighted by atomic mass is 16.5. The Morgan fingerprint density at radius 2 is 1.18 bits per heavy atom. The number of para-hydroxylation sites is 3. The van der Waals surface area contributed by atoms with Crippen LogP contribution in [0.1, 0.15) is 51.3 Å². The molecule has 5 heteroatoms. The second kappa shape index (κ2) is 15.7. The van der Waals surface area contributed by atoms with Gasteiger partial charge >= 0.3 is 0 Å². The number of aromatic nitrogens is 2. The number of anilines is 4. The van der Waals surface area contributed by atoms with Crippen molar-refractivity contribution >= 4 is 44.6 Å². The first-order chi connectivity index (χ1) is 31.6. The van der Waals surface area contributed by atoms with E-state index in [1.807, 2.05) is 6.20 Å². The van der Waals surface area contributed by atoms with Crippen molar-refractivity contribution in [2.24, 2.45) is 0 Å². The molecular weight excluding hydrogens is 793 g/mol. The topological polar surface area (TPSA) is 51.1 Å². The Bertz CT molecular complexity index is 3410. The Morgan fingerprint density at radius 3 is 1.97 bits per heavy atom. The smallest absolute Gasteiger partial charge is 0.137 e. The predicted octanol–water partition coefficient (Wildman–Crippen LogP) is 16.4. The zero-order valence-electron chi connectivity index (χ0n) is 37.4. The summed E-state index contributed by atoms with van der Waals surface area (Å²) in [4.78, 5) is 4.90. The summed E-state index contributed by atoms with van der Waals surface area (Å²) >= 11 is 0. The Morgan fingerprint density at radius 1 is 0.508 bits per heavy atom. The maximum Gasteiger partial charge on any atom is 0.137 e. The van der Waals surface area contributed by atoms with Gasteiger partial charge in [-0.15, -0.1) is 0 Å². The summed E-state index contributed by atoms with van der Waals surface area (Å²) in [6.45, 7) is 11.4.